The molecule has 130 valence electrons. The quantitative estimate of drug-likeness (QED) is 0.664. The predicted molar refractivity (Wildman–Crippen MR) is 103 cm³/mol. The van der Waals surface area contributed by atoms with E-state index in [1.54, 1.807) is 36.5 Å². The Morgan fingerprint density at radius 3 is 2.23 bits per heavy atom. The number of aromatic nitrogens is 1. The molecule has 0 radical (unpaired) electrons. The van der Waals surface area contributed by atoms with E-state index in [4.69, 9.17) is 0 Å². The van der Waals surface area contributed by atoms with E-state index < -0.39 is 0 Å². The van der Waals surface area contributed by atoms with Crippen LogP contribution >= 0.6 is 0 Å². The van der Waals surface area contributed by atoms with E-state index in [1.165, 1.54) is 6.92 Å². The second-order valence-electron chi connectivity index (χ2n) is 6.01. The fraction of sp³-hybridized carbons (Fsp3) is 0.0952. The van der Waals surface area contributed by atoms with E-state index in [9.17, 15) is 9.59 Å². The van der Waals surface area contributed by atoms with Gasteiger partial charge in [0.1, 0.15) is 5.69 Å². The van der Waals surface area contributed by atoms with Gasteiger partial charge in [-0.15, -0.1) is 0 Å². The Morgan fingerprint density at radius 2 is 1.62 bits per heavy atom. The number of ketones is 1. The number of benzene rings is 2. The summed E-state index contributed by atoms with van der Waals surface area (Å²) in [6.07, 6.45) is 1.62. The molecule has 0 aliphatic heterocycles. The van der Waals surface area contributed by atoms with Crippen LogP contribution in [-0.4, -0.2) is 16.7 Å². The molecule has 5 heteroatoms. The molecule has 0 atom stereocenters. The topological polar surface area (TPSA) is 71.1 Å². The Morgan fingerprint density at radius 1 is 0.885 bits per heavy atom. The molecule has 26 heavy (non-hydrogen) atoms. The van der Waals surface area contributed by atoms with Crippen molar-refractivity contribution in [3.63, 3.8) is 0 Å². The van der Waals surface area contributed by atoms with Gasteiger partial charge in [0.15, 0.2) is 5.78 Å². The van der Waals surface area contributed by atoms with Gasteiger partial charge in [0.2, 0.25) is 0 Å². The Bertz CT molecular complexity index is 932. The number of pyridine rings is 1. The molecule has 0 fully saturated rings. The molecule has 0 aliphatic carbocycles. The number of amides is 1. The van der Waals surface area contributed by atoms with Crippen LogP contribution in [0.4, 0.5) is 17.1 Å². The normalized spacial score (nSPS) is 10.2. The Labute approximate surface area is 152 Å². The van der Waals surface area contributed by atoms with E-state index in [0.717, 1.165) is 16.9 Å². The van der Waals surface area contributed by atoms with Crippen molar-refractivity contribution in [2.24, 2.45) is 0 Å². The van der Waals surface area contributed by atoms with Gasteiger partial charge in [0, 0.05) is 16.9 Å². The lowest BCUT2D eigenvalue weighted by Gasteiger charge is -2.08. The van der Waals surface area contributed by atoms with Crippen molar-refractivity contribution in [1.29, 1.82) is 0 Å². The minimum Gasteiger partial charge on any atom is -0.354 e. The minimum atomic E-state index is -0.303. The number of hydrogen-bond acceptors (Lipinski definition) is 4. The highest BCUT2D eigenvalue weighted by Gasteiger charge is 2.08. The van der Waals surface area contributed by atoms with Gasteiger partial charge in [-0.3, -0.25) is 9.59 Å². The van der Waals surface area contributed by atoms with Crippen LogP contribution in [0.2, 0.25) is 0 Å². The van der Waals surface area contributed by atoms with Gasteiger partial charge in [-0.1, -0.05) is 12.1 Å². The van der Waals surface area contributed by atoms with Crippen LogP contribution in [0.1, 0.15) is 33.3 Å². The lowest BCUT2D eigenvalue weighted by Crippen LogP contribution is -2.13. The minimum absolute atomic E-state index is 0.0127. The number of carbonyl (C=O) groups is 2. The molecule has 2 N–H and O–H groups in total. The van der Waals surface area contributed by atoms with Crippen LogP contribution in [0.5, 0.6) is 0 Å². The molecule has 0 spiro atoms. The van der Waals surface area contributed by atoms with Crippen LogP contribution in [0.15, 0.2) is 66.9 Å². The molecule has 0 saturated carbocycles. The smallest absolute Gasteiger partial charge is 0.274 e. The molecule has 0 saturated heterocycles. The highest BCUT2D eigenvalue weighted by atomic mass is 16.2. The zero-order valence-electron chi connectivity index (χ0n) is 14.6. The number of nitrogens with zero attached hydrogens (tertiary/aromatic N) is 1. The summed E-state index contributed by atoms with van der Waals surface area (Å²) in [6, 6.07) is 18.2. The van der Waals surface area contributed by atoms with Crippen molar-refractivity contribution < 1.29 is 9.59 Å². The largest absolute Gasteiger partial charge is 0.354 e. The van der Waals surface area contributed by atoms with Gasteiger partial charge >= 0.3 is 0 Å². The lowest BCUT2D eigenvalue weighted by molar-refractivity contribution is 0.101. The maximum absolute atomic E-state index is 12.3. The monoisotopic (exact) mass is 345 g/mol. The molecule has 2 aromatic carbocycles. The standard InChI is InChI=1S/C21H19N3O2/c1-14-4-3-5-18(12-14)23-19-10-11-20(22-13-19)21(26)24-17-8-6-16(7-9-17)15(2)25/h3-13,23H,1-2H3,(H,24,26). The third kappa shape index (κ3) is 4.33. The first-order chi connectivity index (χ1) is 12.5. The zero-order valence-corrected chi connectivity index (χ0v) is 14.6. The number of carbonyl (C=O) groups excluding carboxylic acids is 2. The van der Waals surface area contributed by atoms with E-state index in [2.05, 4.69) is 15.6 Å². The molecule has 0 unspecified atom stereocenters. The van der Waals surface area contributed by atoms with Crippen LogP contribution in [-0.2, 0) is 0 Å². The first kappa shape index (κ1) is 17.4. The van der Waals surface area contributed by atoms with Gasteiger partial charge in [-0.2, -0.15) is 0 Å². The SMILES string of the molecule is CC(=O)c1ccc(NC(=O)c2ccc(Nc3cccc(C)c3)cn2)cc1. The van der Waals surface area contributed by atoms with Crippen molar-refractivity contribution in [2.45, 2.75) is 13.8 Å². The lowest BCUT2D eigenvalue weighted by atomic mass is 10.1. The predicted octanol–water partition coefficient (Wildman–Crippen LogP) is 4.59. The summed E-state index contributed by atoms with van der Waals surface area (Å²) in [5.74, 6) is -0.316. The third-order valence-corrected chi connectivity index (χ3v) is 3.85. The van der Waals surface area contributed by atoms with E-state index in [0.29, 0.717) is 16.9 Å². The van der Waals surface area contributed by atoms with Crippen LogP contribution < -0.4 is 10.6 Å². The number of rotatable bonds is 5. The maximum Gasteiger partial charge on any atom is 0.274 e. The Hall–Kier alpha value is -3.47. The first-order valence-corrected chi connectivity index (χ1v) is 8.23. The van der Waals surface area contributed by atoms with Crippen molar-refractivity contribution in [2.75, 3.05) is 10.6 Å². The van der Waals surface area contributed by atoms with Crippen molar-refractivity contribution >= 4 is 28.8 Å². The summed E-state index contributed by atoms with van der Waals surface area (Å²) >= 11 is 0. The summed E-state index contributed by atoms with van der Waals surface area (Å²) in [4.78, 5) is 27.8. The third-order valence-electron chi connectivity index (χ3n) is 3.85. The summed E-state index contributed by atoms with van der Waals surface area (Å²) in [5.41, 5.74) is 4.47. The van der Waals surface area contributed by atoms with Crippen LogP contribution in [0, 0.1) is 6.92 Å². The molecule has 0 bridgehead atoms. The summed E-state index contributed by atoms with van der Waals surface area (Å²) < 4.78 is 0. The molecule has 3 aromatic rings. The van der Waals surface area contributed by atoms with Crippen LogP contribution in [0.3, 0.4) is 0 Å². The molecule has 5 nitrogen and oxygen atoms in total. The van der Waals surface area contributed by atoms with E-state index in [-0.39, 0.29) is 11.7 Å². The number of aryl methyl sites for hydroxylation is 1. The number of nitrogens with one attached hydrogen (secondary N) is 2. The summed E-state index contributed by atoms with van der Waals surface area (Å²) in [6.45, 7) is 3.53. The fourth-order valence-corrected chi connectivity index (χ4v) is 2.48. The van der Waals surface area contributed by atoms with Crippen molar-refractivity contribution in [3.05, 3.63) is 83.7 Å². The first-order valence-electron chi connectivity index (χ1n) is 8.23. The highest BCUT2D eigenvalue weighted by Crippen LogP contribution is 2.17. The Kier molecular flexibility index (Phi) is 5.08. The molecule has 3 rings (SSSR count). The molecule has 0 aliphatic rings. The van der Waals surface area contributed by atoms with Gasteiger partial charge in [0.05, 0.1) is 11.9 Å². The maximum atomic E-state index is 12.3. The number of Topliss-reactive ketones (excluding diaryl/α,β-unsaturated/α-hetero) is 1. The second kappa shape index (κ2) is 7.61. The molecule has 1 amide bonds. The molecular formula is C21H19N3O2. The molecular weight excluding hydrogens is 326 g/mol. The molecule has 1 aromatic heterocycles. The van der Waals surface area contributed by atoms with Gasteiger partial charge in [0.25, 0.3) is 5.91 Å². The number of anilines is 3. The zero-order chi connectivity index (χ0) is 18.5. The molecule has 1 heterocycles. The van der Waals surface area contributed by atoms with Gasteiger partial charge < -0.3 is 10.6 Å². The van der Waals surface area contributed by atoms with Gasteiger partial charge in [-0.05, 0) is 67.9 Å². The number of hydrogen-bond donors (Lipinski definition) is 2. The highest BCUT2D eigenvalue weighted by molar-refractivity contribution is 6.03. The average Bonchev–Trinajstić information content (AvgIpc) is 2.63. The second-order valence-corrected chi connectivity index (χ2v) is 6.01. The average molecular weight is 345 g/mol. The van der Waals surface area contributed by atoms with Crippen molar-refractivity contribution in [3.8, 4) is 0 Å². The van der Waals surface area contributed by atoms with E-state index in [1.807, 2.05) is 37.3 Å². The van der Waals surface area contributed by atoms with Crippen LogP contribution in [0.25, 0.3) is 0 Å². The fourth-order valence-electron chi connectivity index (χ4n) is 2.48. The van der Waals surface area contributed by atoms with E-state index >= 15 is 0 Å². The summed E-state index contributed by atoms with van der Waals surface area (Å²) in [5, 5.41) is 6.02. The summed E-state index contributed by atoms with van der Waals surface area (Å²) in [7, 11) is 0. The van der Waals surface area contributed by atoms with Gasteiger partial charge in [-0.25, -0.2) is 4.98 Å². The Balaban J connectivity index is 1.65. The van der Waals surface area contributed by atoms with Crippen molar-refractivity contribution in [1.82, 2.24) is 4.98 Å².